The standard InChI is InChI=1S/C16H19ClN2O3/c1-10-11(9-19-5-7-22-8-6-19)16(20)14-12(17)3-4-13(21-2)15(14)18-10/h3-4H,5-9H2,1-2H3,(H,18,20)/p+1. The highest BCUT2D eigenvalue weighted by Gasteiger charge is 2.20. The molecule has 0 bridgehead atoms. The molecule has 6 heteroatoms. The second-order valence-corrected chi connectivity index (χ2v) is 6.00. The van der Waals surface area contributed by atoms with Gasteiger partial charge in [-0.1, -0.05) is 11.6 Å². The van der Waals surface area contributed by atoms with Crippen LogP contribution in [0.25, 0.3) is 10.9 Å². The van der Waals surface area contributed by atoms with Crippen LogP contribution in [0.3, 0.4) is 0 Å². The van der Waals surface area contributed by atoms with E-state index in [1.807, 2.05) is 6.92 Å². The lowest BCUT2D eigenvalue weighted by atomic mass is 10.1. The van der Waals surface area contributed by atoms with Gasteiger partial charge in [-0.2, -0.15) is 0 Å². The van der Waals surface area contributed by atoms with Gasteiger partial charge in [0.25, 0.3) is 0 Å². The summed E-state index contributed by atoms with van der Waals surface area (Å²) in [6.45, 7) is 5.94. The number of nitrogens with one attached hydrogen (secondary N) is 2. The van der Waals surface area contributed by atoms with Crippen molar-refractivity contribution in [1.29, 1.82) is 0 Å². The Hall–Kier alpha value is -1.56. The number of fused-ring (bicyclic) bond motifs is 1. The van der Waals surface area contributed by atoms with E-state index in [2.05, 4.69) is 4.98 Å². The zero-order valence-corrected chi connectivity index (χ0v) is 13.5. The fourth-order valence-corrected chi connectivity index (χ4v) is 3.20. The Labute approximate surface area is 133 Å². The molecular formula is C16H20ClN2O3+. The third kappa shape index (κ3) is 2.72. The van der Waals surface area contributed by atoms with Crippen molar-refractivity contribution in [2.75, 3.05) is 33.4 Å². The van der Waals surface area contributed by atoms with E-state index < -0.39 is 0 Å². The van der Waals surface area contributed by atoms with Crippen LogP contribution < -0.4 is 15.1 Å². The van der Waals surface area contributed by atoms with Gasteiger partial charge in [-0.15, -0.1) is 0 Å². The molecule has 0 unspecified atom stereocenters. The summed E-state index contributed by atoms with van der Waals surface area (Å²) in [6, 6.07) is 3.48. The maximum absolute atomic E-state index is 12.9. The van der Waals surface area contributed by atoms with Crippen LogP contribution >= 0.6 is 11.6 Å². The Bertz CT molecular complexity index is 751. The van der Waals surface area contributed by atoms with Gasteiger partial charge in [0.2, 0.25) is 0 Å². The highest BCUT2D eigenvalue weighted by atomic mass is 35.5. The van der Waals surface area contributed by atoms with Crippen LogP contribution in [0.4, 0.5) is 0 Å². The zero-order chi connectivity index (χ0) is 15.7. The number of pyridine rings is 1. The number of aromatic amines is 1. The van der Waals surface area contributed by atoms with E-state index in [1.165, 1.54) is 4.90 Å². The Morgan fingerprint density at radius 1 is 1.36 bits per heavy atom. The summed E-state index contributed by atoms with van der Waals surface area (Å²) in [6.07, 6.45) is 0. The van der Waals surface area contributed by atoms with Crippen molar-refractivity contribution in [2.24, 2.45) is 0 Å². The smallest absolute Gasteiger partial charge is 0.200 e. The number of aryl methyl sites for hydroxylation is 1. The molecule has 2 N–H and O–H groups in total. The Balaban J connectivity index is 2.11. The fraction of sp³-hybridized carbons (Fsp3) is 0.438. The molecule has 1 aliphatic heterocycles. The SMILES string of the molecule is COc1ccc(Cl)c2c(=O)c(C[NH+]3CCOCC3)c(C)[nH]c12. The molecule has 0 radical (unpaired) electrons. The highest BCUT2D eigenvalue weighted by Crippen LogP contribution is 2.28. The first kappa shape index (κ1) is 15.3. The molecular weight excluding hydrogens is 304 g/mol. The van der Waals surface area contributed by atoms with Crippen LogP contribution in [0, 0.1) is 6.92 Å². The molecule has 2 heterocycles. The van der Waals surface area contributed by atoms with Crippen LogP contribution in [-0.2, 0) is 11.3 Å². The molecule has 1 aromatic carbocycles. The third-order valence-electron chi connectivity index (χ3n) is 4.23. The predicted octanol–water partition coefficient (Wildman–Crippen LogP) is 0.914. The average Bonchev–Trinajstić information content (AvgIpc) is 2.52. The van der Waals surface area contributed by atoms with Crippen molar-refractivity contribution in [3.8, 4) is 5.75 Å². The number of hydrogen-bond donors (Lipinski definition) is 2. The summed E-state index contributed by atoms with van der Waals surface area (Å²) in [5.41, 5.74) is 2.32. The molecule has 0 saturated carbocycles. The summed E-state index contributed by atoms with van der Waals surface area (Å²) in [7, 11) is 1.59. The van der Waals surface area contributed by atoms with Crippen molar-refractivity contribution in [3.05, 3.63) is 38.6 Å². The second-order valence-electron chi connectivity index (χ2n) is 5.60. The predicted molar refractivity (Wildman–Crippen MR) is 86.1 cm³/mol. The number of methoxy groups -OCH3 is 1. The molecule has 0 atom stereocenters. The van der Waals surface area contributed by atoms with Crippen molar-refractivity contribution >= 4 is 22.5 Å². The van der Waals surface area contributed by atoms with Crippen molar-refractivity contribution < 1.29 is 14.4 Å². The maximum atomic E-state index is 12.9. The zero-order valence-electron chi connectivity index (χ0n) is 12.8. The minimum Gasteiger partial charge on any atom is -0.495 e. The average molecular weight is 324 g/mol. The fourth-order valence-electron chi connectivity index (χ4n) is 2.96. The monoisotopic (exact) mass is 323 g/mol. The van der Waals surface area contributed by atoms with Crippen LogP contribution in [0.5, 0.6) is 5.75 Å². The molecule has 5 nitrogen and oxygen atoms in total. The lowest BCUT2D eigenvalue weighted by Gasteiger charge is -2.24. The summed E-state index contributed by atoms with van der Waals surface area (Å²) in [5, 5.41) is 0.963. The quantitative estimate of drug-likeness (QED) is 0.883. The largest absolute Gasteiger partial charge is 0.495 e. The first-order chi connectivity index (χ1) is 10.6. The number of rotatable bonds is 3. The van der Waals surface area contributed by atoms with Gasteiger partial charge in [0, 0.05) is 5.69 Å². The lowest BCUT2D eigenvalue weighted by Crippen LogP contribution is -3.13. The molecule has 22 heavy (non-hydrogen) atoms. The van der Waals surface area contributed by atoms with E-state index >= 15 is 0 Å². The molecule has 0 amide bonds. The number of aromatic nitrogens is 1. The van der Waals surface area contributed by atoms with Gasteiger partial charge in [0.05, 0.1) is 41.8 Å². The van der Waals surface area contributed by atoms with Crippen molar-refractivity contribution in [2.45, 2.75) is 13.5 Å². The molecule has 1 aliphatic rings. The third-order valence-corrected chi connectivity index (χ3v) is 4.54. The van der Waals surface area contributed by atoms with E-state index in [-0.39, 0.29) is 5.43 Å². The Morgan fingerprint density at radius 2 is 2.09 bits per heavy atom. The molecule has 1 aromatic heterocycles. The van der Waals surface area contributed by atoms with Crippen LogP contribution in [0.2, 0.25) is 5.02 Å². The maximum Gasteiger partial charge on any atom is 0.200 e. The first-order valence-electron chi connectivity index (χ1n) is 7.41. The molecule has 1 fully saturated rings. The van der Waals surface area contributed by atoms with E-state index in [0.717, 1.165) is 37.6 Å². The van der Waals surface area contributed by atoms with Gasteiger partial charge < -0.3 is 19.4 Å². The van der Waals surface area contributed by atoms with Crippen molar-refractivity contribution in [1.82, 2.24) is 4.98 Å². The topological polar surface area (TPSA) is 55.8 Å². The summed E-state index contributed by atoms with van der Waals surface area (Å²) in [4.78, 5) is 17.6. The number of ether oxygens (including phenoxy) is 2. The molecule has 3 rings (SSSR count). The normalized spacial score (nSPS) is 16.1. The number of hydrogen-bond acceptors (Lipinski definition) is 3. The Kier molecular flexibility index (Phi) is 4.38. The molecule has 118 valence electrons. The highest BCUT2D eigenvalue weighted by molar-refractivity contribution is 6.35. The van der Waals surface area contributed by atoms with Gasteiger partial charge in [0.1, 0.15) is 25.4 Å². The number of morpholine rings is 1. The van der Waals surface area contributed by atoms with Gasteiger partial charge in [-0.05, 0) is 19.1 Å². The molecule has 2 aromatic rings. The van der Waals surface area contributed by atoms with Crippen LogP contribution in [0.15, 0.2) is 16.9 Å². The minimum absolute atomic E-state index is 0.00542. The Morgan fingerprint density at radius 3 is 2.77 bits per heavy atom. The van der Waals surface area contributed by atoms with Gasteiger partial charge >= 0.3 is 0 Å². The summed E-state index contributed by atoms with van der Waals surface area (Å²) in [5.74, 6) is 0.630. The van der Waals surface area contributed by atoms with Gasteiger partial charge in [0.15, 0.2) is 5.43 Å². The number of H-pyrrole nitrogens is 1. The second kappa shape index (κ2) is 6.28. The van der Waals surface area contributed by atoms with E-state index in [4.69, 9.17) is 21.1 Å². The number of halogens is 1. The van der Waals surface area contributed by atoms with E-state index in [0.29, 0.717) is 28.2 Å². The van der Waals surface area contributed by atoms with Crippen LogP contribution in [-0.4, -0.2) is 38.4 Å². The summed E-state index contributed by atoms with van der Waals surface area (Å²) >= 11 is 6.26. The molecule has 1 saturated heterocycles. The first-order valence-corrected chi connectivity index (χ1v) is 7.79. The van der Waals surface area contributed by atoms with E-state index in [1.54, 1.807) is 19.2 Å². The van der Waals surface area contributed by atoms with Gasteiger partial charge in [-0.25, -0.2) is 0 Å². The van der Waals surface area contributed by atoms with Gasteiger partial charge in [-0.3, -0.25) is 4.79 Å². The number of benzene rings is 1. The number of quaternary nitrogens is 1. The molecule has 0 spiro atoms. The van der Waals surface area contributed by atoms with Crippen LogP contribution in [0.1, 0.15) is 11.3 Å². The van der Waals surface area contributed by atoms with E-state index in [9.17, 15) is 4.79 Å². The summed E-state index contributed by atoms with van der Waals surface area (Å²) < 4.78 is 10.7. The molecule has 0 aliphatic carbocycles. The minimum atomic E-state index is -0.00542. The van der Waals surface area contributed by atoms with Crippen molar-refractivity contribution in [3.63, 3.8) is 0 Å². The lowest BCUT2D eigenvalue weighted by molar-refractivity contribution is -0.921.